The highest BCUT2D eigenvalue weighted by Gasteiger charge is 2.35. The van der Waals surface area contributed by atoms with Gasteiger partial charge in [-0.1, -0.05) is 0 Å². The zero-order valence-electron chi connectivity index (χ0n) is 16.0. The second-order valence-corrected chi connectivity index (χ2v) is 7.85. The highest BCUT2D eigenvalue weighted by Crippen LogP contribution is 2.39. The Morgan fingerprint density at radius 3 is 2.47 bits per heavy atom. The number of amides is 1. The molecule has 0 fully saturated rings. The van der Waals surface area contributed by atoms with Crippen LogP contribution in [0.4, 0.5) is 20.2 Å². The molecule has 3 rings (SSSR count). The molecule has 7 nitrogen and oxygen atoms in total. The first-order chi connectivity index (χ1) is 14.3. The fourth-order valence-electron chi connectivity index (χ4n) is 3.30. The SMILES string of the molecule is Cc1cc(I)ccc1N1COC(=O)c2cc(C(=O)N(CCO)CCO)c(F)c(F)c21. The second-order valence-electron chi connectivity index (χ2n) is 6.61. The molecule has 0 radical (unpaired) electrons. The number of carbonyl (C=O) groups is 2. The first-order valence-corrected chi connectivity index (χ1v) is 10.1. The summed E-state index contributed by atoms with van der Waals surface area (Å²) in [5.74, 6) is -4.60. The van der Waals surface area contributed by atoms with Gasteiger partial charge in [-0.3, -0.25) is 4.79 Å². The lowest BCUT2D eigenvalue weighted by molar-refractivity contribution is 0.0491. The summed E-state index contributed by atoms with van der Waals surface area (Å²) in [6, 6.07) is 6.29. The van der Waals surface area contributed by atoms with E-state index in [1.807, 2.05) is 6.07 Å². The van der Waals surface area contributed by atoms with Crippen LogP contribution in [-0.4, -0.2) is 60.0 Å². The molecular weight excluding hydrogens is 513 g/mol. The minimum atomic E-state index is -1.41. The van der Waals surface area contributed by atoms with Crippen molar-refractivity contribution in [3.05, 3.63) is 56.2 Å². The van der Waals surface area contributed by atoms with Crippen LogP contribution in [-0.2, 0) is 4.74 Å². The Kier molecular flexibility index (Phi) is 6.88. The van der Waals surface area contributed by atoms with Crippen LogP contribution in [0, 0.1) is 22.1 Å². The van der Waals surface area contributed by atoms with Gasteiger partial charge >= 0.3 is 5.97 Å². The number of esters is 1. The number of hydrogen-bond donors (Lipinski definition) is 2. The molecule has 1 aliphatic heterocycles. The van der Waals surface area contributed by atoms with E-state index in [-0.39, 0.29) is 31.1 Å². The quantitative estimate of drug-likeness (QED) is 0.440. The van der Waals surface area contributed by atoms with Crippen LogP contribution in [0.1, 0.15) is 26.3 Å². The Labute approximate surface area is 185 Å². The third-order valence-corrected chi connectivity index (χ3v) is 5.37. The van der Waals surface area contributed by atoms with Gasteiger partial charge in [0.15, 0.2) is 18.4 Å². The summed E-state index contributed by atoms with van der Waals surface area (Å²) in [4.78, 5) is 27.3. The first-order valence-electron chi connectivity index (χ1n) is 9.04. The maximum Gasteiger partial charge on any atom is 0.342 e. The second kappa shape index (κ2) is 9.23. The van der Waals surface area contributed by atoms with Gasteiger partial charge in [-0.25, -0.2) is 13.6 Å². The Bertz CT molecular complexity index is 996. The molecule has 160 valence electrons. The Morgan fingerprint density at radius 1 is 1.20 bits per heavy atom. The van der Waals surface area contributed by atoms with Crippen LogP contribution in [0.3, 0.4) is 0 Å². The van der Waals surface area contributed by atoms with Crippen LogP contribution in [0.2, 0.25) is 0 Å². The maximum atomic E-state index is 15.2. The number of fused-ring (bicyclic) bond motifs is 1. The van der Waals surface area contributed by atoms with Crippen molar-refractivity contribution in [1.82, 2.24) is 4.90 Å². The highest BCUT2D eigenvalue weighted by molar-refractivity contribution is 14.1. The molecule has 0 spiro atoms. The summed E-state index contributed by atoms with van der Waals surface area (Å²) in [7, 11) is 0. The predicted molar refractivity (Wildman–Crippen MR) is 113 cm³/mol. The predicted octanol–water partition coefficient (Wildman–Crippen LogP) is 2.57. The van der Waals surface area contributed by atoms with Crippen LogP contribution in [0.5, 0.6) is 0 Å². The van der Waals surface area contributed by atoms with Gasteiger partial charge in [0.05, 0.1) is 30.0 Å². The minimum absolute atomic E-state index is 0.185. The molecule has 2 aromatic carbocycles. The van der Waals surface area contributed by atoms with Crippen molar-refractivity contribution in [3.63, 3.8) is 0 Å². The van der Waals surface area contributed by atoms with Crippen LogP contribution >= 0.6 is 22.6 Å². The van der Waals surface area contributed by atoms with Gasteiger partial charge in [0.2, 0.25) is 0 Å². The molecule has 0 saturated heterocycles. The molecule has 2 N–H and O–H groups in total. The standard InChI is InChI=1S/C20H19F2IN2O5/c1-11-8-12(23)2-3-15(11)25-10-30-20(29)14-9-13(16(21)17(22)18(14)25)19(28)24(4-6-26)5-7-27/h2-3,8-9,26-27H,4-7,10H2,1H3. The van der Waals surface area contributed by atoms with Crippen molar-refractivity contribution in [2.45, 2.75) is 6.92 Å². The van der Waals surface area contributed by atoms with Crippen LogP contribution in [0.25, 0.3) is 0 Å². The molecule has 0 aliphatic carbocycles. The van der Waals surface area contributed by atoms with Gasteiger partial charge in [-0.05, 0) is 59.3 Å². The number of nitrogens with zero attached hydrogens (tertiary/aromatic N) is 2. The lowest BCUT2D eigenvalue weighted by Crippen LogP contribution is -2.37. The average Bonchev–Trinajstić information content (AvgIpc) is 2.71. The third kappa shape index (κ3) is 4.12. The first kappa shape index (κ1) is 22.4. The zero-order valence-corrected chi connectivity index (χ0v) is 18.1. The zero-order chi connectivity index (χ0) is 22.0. The fourth-order valence-corrected chi connectivity index (χ4v) is 3.94. The number of benzene rings is 2. The summed E-state index contributed by atoms with van der Waals surface area (Å²) in [5.41, 5.74) is 0.0349. The number of ether oxygens (including phenoxy) is 1. The molecule has 0 aromatic heterocycles. The van der Waals surface area contributed by atoms with E-state index < -0.39 is 42.3 Å². The lowest BCUT2D eigenvalue weighted by atomic mass is 10.0. The maximum absolute atomic E-state index is 15.2. The average molecular weight is 532 g/mol. The van der Waals surface area contributed by atoms with E-state index in [0.29, 0.717) is 5.69 Å². The monoisotopic (exact) mass is 532 g/mol. The number of rotatable bonds is 6. The number of halogens is 3. The number of aliphatic hydroxyl groups is 2. The summed E-state index contributed by atoms with van der Waals surface area (Å²) in [5, 5.41) is 18.2. The molecular formula is C20H19F2IN2O5. The van der Waals surface area contributed by atoms with E-state index in [2.05, 4.69) is 22.6 Å². The Morgan fingerprint density at radius 2 is 1.87 bits per heavy atom. The molecule has 1 heterocycles. The van der Waals surface area contributed by atoms with Crippen LogP contribution in [0.15, 0.2) is 24.3 Å². The number of cyclic esters (lactones) is 1. The van der Waals surface area contributed by atoms with Crippen molar-refractivity contribution in [1.29, 1.82) is 0 Å². The van der Waals surface area contributed by atoms with Gasteiger partial charge in [0, 0.05) is 22.3 Å². The van der Waals surface area contributed by atoms with Crippen molar-refractivity contribution >= 4 is 45.8 Å². The summed E-state index contributed by atoms with van der Waals surface area (Å²) in [6.07, 6.45) is 0. The Hall–Kier alpha value is -2.31. The molecule has 30 heavy (non-hydrogen) atoms. The molecule has 2 aromatic rings. The van der Waals surface area contributed by atoms with Crippen LogP contribution < -0.4 is 4.90 Å². The van der Waals surface area contributed by atoms with E-state index in [0.717, 1.165) is 20.1 Å². The van der Waals surface area contributed by atoms with Crippen molar-refractivity contribution in [2.24, 2.45) is 0 Å². The van der Waals surface area contributed by atoms with E-state index in [1.54, 1.807) is 19.1 Å². The number of aliphatic hydroxyl groups excluding tert-OH is 2. The molecule has 0 unspecified atom stereocenters. The molecule has 1 amide bonds. The van der Waals surface area contributed by atoms with Gasteiger partial charge in [-0.15, -0.1) is 0 Å². The molecule has 10 heteroatoms. The third-order valence-electron chi connectivity index (χ3n) is 4.70. The minimum Gasteiger partial charge on any atom is -0.440 e. The summed E-state index contributed by atoms with van der Waals surface area (Å²) < 4.78 is 36.2. The smallest absolute Gasteiger partial charge is 0.342 e. The molecule has 0 bridgehead atoms. The topological polar surface area (TPSA) is 90.3 Å². The van der Waals surface area contributed by atoms with Gasteiger partial charge in [0.1, 0.15) is 0 Å². The van der Waals surface area contributed by atoms with Gasteiger partial charge in [0.25, 0.3) is 5.91 Å². The van der Waals surface area contributed by atoms with Crippen molar-refractivity contribution in [3.8, 4) is 0 Å². The fraction of sp³-hybridized carbons (Fsp3) is 0.300. The number of hydrogen-bond acceptors (Lipinski definition) is 6. The molecule has 0 saturated carbocycles. The van der Waals surface area contributed by atoms with Crippen molar-refractivity contribution in [2.75, 3.05) is 37.9 Å². The van der Waals surface area contributed by atoms with Gasteiger partial charge < -0.3 is 24.7 Å². The number of aryl methyl sites for hydroxylation is 1. The highest BCUT2D eigenvalue weighted by atomic mass is 127. The van der Waals surface area contributed by atoms with Gasteiger partial charge in [-0.2, -0.15) is 0 Å². The molecule has 1 aliphatic rings. The normalized spacial score (nSPS) is 13.1. The number of anilines is 2. The lowest BCUT2D eigenvalue weighted by Gasteiger charge is -2.32. The summed E-state index contributed by atoms with van der Waals surface area (Å²) >= 11 is 2.12. The van der Waals surface area contributed by atoms with E-state index in [9.17, 15) is 14.0 Å². The van der Waals surface area contributed by atoms with Crippen molar-refractivity contribution < 1.29 is 33.3 Å². The van der Waals surface area contributed by atoms with E-state index in [4.69, 9.17) is 14.9 Å². The largest absolute Gasteiger partial charge is 0.440 e. The summed E-state index contributed by atoms with van der Waals surface area (Å²) in [6.45, 7) is 0.261. The van der Waals surface area contributed by atoms with E-state index >= 15 is 4.39 Å². The number of carbonyl (C=O) groups excluding carboxylic acids is 2. The Balaban J connectivity index is 2.13. The molecule has 0 atom stereocenters. The van der Waals surface area contributed by atoms with E-state index in [1.165, 1.54) is 4.90 Å².